The first-order valence-corrected chi connectivity index (χ1v) is 8.84. The van der Waals surface area contributed by atoms with Gasteiger partial charge in [0.1, 0.15) is 5.82 Å². The van der Waals surface area contributed by atoms with Crippen molar-refractivity contribution in [1.29, 1.82) is 0 Å². The first-order chi connectivity index (χ1) is 12.1. The molecule has 0 aliphatic heterocycles. The van der Waals surface area contributed by atoms with Crippen LogP contribution in [0.2, 0.25) is 0 Å². The Labute approximate surface area is 146 Å². The summed E-state index contributed by atoms with van der Waals surface area (Å²) >= 11 is 0. The molecule has 4 rings (SSSR count). The zero-order chi connectivity index (χ0) is 17.6. The minimum atomic E-state index is -0.168. The highest BCUT2D eigenvalue weighted by atomic mass is 16.2. The van der Waals surface area contributed by atoms with Gasteiger partial charge in [-0.3, -0.25) is 9.89 Å². The minimum absolute atomic E-state index is 0.120. The molecule has 1 amide bonds. The van der Waals surface area contributed by atoms with Gasteiger partial charge in [-0.1, -0.05) is 26.0 Å². The van der Waals surface area contributed by atoms with E-state index < -0.39 is 0 Å². The van der Waals surface area contributed by atoms with Gasteiger partial charge in [0, 0.05) is 18.3 Å². The number of nitrogens with one attached hydrogen (secondary N) is 2. The van der Waals surface area contributed by atoms with E-state index in [9.17, 15) is 4.79 Å². The molecule has 0 bridgehead atoms. The van der Waals surface area contributed by atoms with Crippen LogP contribution in [-0.2, 0) is 19.9 Å². The number of amides is 1. The number of benzene rings is 1. The van der Waals surface area contributed by atoms with Crippen LogP contribution in [0.5, 0.6) is 0 Å². The summed E-state index contributed by atoms with van der Waals surface area (Å²) < 4.78 is 2.06. The average Bonchev–Trinajstić information content (AvgIpc) is 3.27. The Kier molecular flexibility index (Phi) is 3.82. The number of rotatable bonds is 4. The Hall–Kier alpha value is -2.63. The van der Waals surface area contributed by atoms with Gasteiger partial charge in [-0.25, -0.2) is 4.98 Å². The van der Waals surface area contributed by atoms with E-state index in [1.165, 1.54) is 0 Å². The number of carbonyl (C=O) groups excluding carboxylic acids is 1. The maximum atomic E-state index is 12.8. The third kappa shape index (κ3) is 2.62. The highest BCUT2D eigenvalue weighted by Crippen LogP contribution is 2.27. The Balaban J connectivity index is 1.67. The molecule has 2 N–H and O–H groups in total. The standard InChI is InChI=1S/C19H23N5O/c1-11(2)16(18-20-14-8-4-5-10-15(14)24(18)3)21-19(25)17-12-7-6-9-13(12)22-23-17/h4-5,8,10-11,16H,6-7,9H2,1-3H3,(H,21,25)(H,22,23)/t16-/m0/s1. The molecule has 0 fully saturated rings. The van der Waals surface area contributed by atoms with Gasteiger partial charge in [0.15, 0.2) is 5.69 Å². The normalized spacial score (nSPS) is 14.9. The highest BCUT2D eigenvalue weighted by molar-refractivity contribution is 5.94. The number of aromatic amines is 1. The zero-order valence-electron chi connectivity index (χ0n) is 14.8. The van der Waals surface area contributed by atoms with Crippen LogP contribution in [0.3, 0.4) is 0 Å². The number of imidazole rings is 1. The van der Waals surface area contributed by atoms with Crippen LogP contribution < -0.4 is 5.32 Å². The van der Waals surface area contributed by atoms with E-state index in [2.05, 4.69) is 33.9 Å². The lowest BCUT2D eigenvalue weighted by Crippen LogP contribution is -2.34. The molecular weight excluding hydrogens is 314 g/mol. The summed E-state index contributed by atoms with van der Waals surface area (Å²) in [5.74, 6) is 0.966. The summed E-state index contributed by atoms with van der Waals surface area (Å²) in [6.45, 7) is 4.19. The summed E-state index contributed by atoms with van der Waals surface area (Å²) in [7, 11) is 2.00. The molecule has 0 unspecified atom stereocenters. The fourth-order valence-electron chi connectivity index (χ4n) is 3.69. The van der Waals surface area contributed by atoms with Crippen molar-refractivity contribution in [3.63, 3.8) is 0 Å². The Morgan fingerprint density at radius 2 is 2.08 bits per heavy atom. The van der Waals surface area contributed by atoms with E-state index in [0.717, 1.165) is 47.4 Å². The van der Waals surface area contributed by atoms with Gasteiger partial charge in [-0.2, -0.15) is 5.10 Å². The molecule has 2 heterocycles. The summed E-state index contributed by atoms with van der Waals surface area (Å²) in [4.78, 5) is 17.6. The molecule has 0 radical (unpaired) electrons. The summed E-state index contributed by atoms with van der Waals surface area (Å²) in [6, 6.07) is 7.86. The van der Waals surface area contributed by atoms with Crippen molar-refractivity contribution >= 4 is 16.9 Å². The second-order valence-corrected chi connectivity index (χ2v) is 7.10. The minimum Gasteiger partial charge on any atom is -0.340 e. The first-order valence-electron chi connectivity index (χ1n) is 8.84. The van der Waals surface area contributed by atoms with Crippen LogP contribution >= 0.6 is 0 Å². The number of aryl methyl sites for hydroxylation is 2. The van der Waals surface area contributed by atoms with E-state index in [0.29, 0.717) is 5.69 Å². The van der Waals surface area contributed by atoms with Crippen LogP contribution in [0, 0.1) is 5.92 Å². The SMILES string of the molecule is CC(C)[C@H](NC(=O)c1n[nH]c2c1CCC2)c1nc2ccccc2n1C. The third-order valence-electron chi connectivity index (χ3n) is 5.07. The van der Waals surface area contributed by atoms with Gasteiger partial charge in [0.2, 0.25) is 0 Å². The van der Waals surface area contributed by atoms with Crippen LogP contribution in [-0.4, -0.2) is 25.7 Å². The number of carbonyl (C=O) groups is 1. The van der Waals surface area contributed by atoms with Gasteiger partial charge in [0.25, 0.3) is 5.91 Å². The Morgan fingerprint density at radius 1 is 1.28 bits per heavy atom. The van der Waals surface area contributed by atoms with Crippen LogP contribution in [0.15, 0.2) is 24.3 Å². The maximum absolute atomic E-state index is 12.8. The molecule has 0 spiro atoms. The summed E-state index contributed by atoms with van der Waals surface area (Å²) in [5.41, 5.74) is 4.73. The van der Waals surface area contributed by atoms with Crippen molar-refractivity contribution in [2.24, 2.45) is 13.0 Å². The lowest BCUT2D eigenvalue weighted by molar-refractivity contribution is 0.0916. The van der Waals surface area contributed by atoms with Crippen molar-refractivity contribution in [1.82, 2.24) is 25.1 Å². The maximum Gasteiger partial charge on any atom is 0.272 e. The number of para-hydroxylation sites is 2. The number of aromatic nitrogens is 4. The molecule has 0 saturated heterocycles. The second-order valence-electron chi connectivity index (χ2n) is 7.10. The first kappa shape index (κ1) is 15.9. The number of hydrogen-bond donors (Lipinski definition) is 2. The smallest absolute Gasteiger partial charge is 0.272 e. The van der Waals surface area contributed by atoms with E-state index in [4.69, 9.17) is 4.98 Å². The number of nitrogens with zero attached hydrogens (tertiary/aromatic N) is 3. The van der Waals surface area contributed by atoms with E-state index in [-0.39, 0.29) is 17.9 Å². The molecule has 0 saturated carbocycles. The molecule has 1 atom stereocenters. The second kappa shape index (κ2) is 6.02. The summed E-state index contributed by atoms with van der Waals surface area (Å²) in [6.07, 6.45) is 2.99. The molecule has 6 nitrogen and oxygen atoms in total. The van der Waals surface area contributed by atoms with Crippen molar-refractivity contribution in [2.75, 3.05) is 0 Å². The number of H-pyrrole nitrogens is 1. The Bertz CT molecular complexity index is 937. The van der Waals surface area contributed by atoms with Crippen molar-refractivity contribution in [3.8, 4) is 0 Å². The van der Waals surface area contributed by atoms with Crippen LogP contribution in [0.1, 0.15) is 53.9 Å². The summed E-state index contributed by atoms with van der Waals surface area (Å²) in [5, 5.41) is 10.4. The number of fused-ring (bicyclic) bond motifs is 2. The van der Waals surface area contributed by atoms with Gasteiger partial charge < -0.3 is 9.88 Å². The van der Waals surface area contributed by atoms with Crippen molar-refractivity contribution in [3.05, 3.63) is 47.0 Å². The monoisotopic (exact) mass is 337 g/mol. The largest absolute Gasteiger partial charge is 0.340 e. The van der Waals surface area contributed by atoms with Gasteiger partial charge in [-0.05, 0) is 37.3 Å². The molecule has 1 aromatic carbocycles. The molecule has 6 heteroatoms. The fraction of sp³-hybridized carbons (Fsp3) is 0.421. The molecule has 1 aliphatic carbocycles. The van der Waals surface area contributed by atoms with Crippen molar-refractivity contribution < 1.29 is 4.79 Å². The molecule has 2 aromatic heterocycles. The Morgan fingerprint density at radius 3 is 2.84 bits per heavy atom. The predicted octanol–water partition coefficient (Wildman–Crippen LogP) is 2.91. The lowest BCUT2D eigenvalue weighted by Gasteiger charge is -2.22. The molecular formula is C19H23N5O. The molecule has 130 valence electrons. The van der Waals surface area contributed by atoms with Crippen LogP contribution in [0.25, 0.3) is 11.0 Å². The quantitative estimate of drug-likeness (QED) is 0.768. The molecule has 1 aliphatic rings. The van der Waals surface area contributed by atoms with E-state index in [1.807, 2.05) is 31.3 Å². The third-order valence-corrected chi connectivity index (χ3v) is 5.07. The van der Waals surface area contributed by atoms with Gasteiger partial charge >= 0.3 is 0 Å². The predicted molar refractivity (Wildman–Crippen MR) is 96.4 cm³/mol. The lowest BCUT2D eigenvalue weighted by atomic mass is 10.0. The van der Waals surface area contributed by atoms with E-state index >= 15 is 0 Å². The molecule has 25 heavy (non-hydrogen) atoms. The van der Waals surface area contributed by atoms with Gasteiger partial charge in [-0.15, -0.1) is 0 Å². The van der Waals surface area contributed by atoms with Crippen molar-refractivity contribution in [2.45, 2.75) is 39.2 Å². The van der Waals surface area contributed by atoms with Crippen LogP contribution in [0.4, 0.5) is 0 Å². The fourth-order valence-corrected chi connectivity index (χ4v) is 3.69. The average molecular weight is 337 g/mol. The van der Waals surface area contributed by atoms with Gasteiger partial charge in [0.05, 0.1) is 17.1 Å². The highest BCUT2D eigenvalue weighted by Gasteiger charge is 2.28. The molecule has 3 aromatic rings. The van der Waals surface area contributed by atoms with E-state index in [1.54, 1.807) is 0 Å². The zero-order valence-corrected chi connectivity index (χ0v) is 14.8. The topological polar surface area (TPSA) is 75.6 Å². The number of hydrogen-bond acceptors (Lipinski definition) is 3.